The molecule has 17 heavy (non-hydrogen) atoms. The van der Waals surface area contributed by atoms with Crippen LogP contribution in [0.25, 0.3) is 0 Å². The maximum atomic E-state index is 11.9. The van der Waals surface area contributed by atoms with Gasteiger partial charge in [-0.05, 0) is 40.6 Å². The lowest BCUT2D eigenvalue weighted by Crippen LogP contribution is -2.22. The van der Waals surface area contributed by atoms with E-state index in [4.69, 9.17) is 0 Å². The summed E-state index contributed by atoms with van der Waals surface area (Å²) in [6, 6.07) is 7.50. The molecule has 88 valence electrons. The molecular formula is C12H9Br2NOS. The molecule has 1 heterocycles. The zero-order chi connectivity index (χ0) is 12.3. The quantitative estimate of drug-likeness (QED) is 0.856. The molecule has 2 aromatic rings. The second kappa shape index (κ2) is 5.80. The predicted octanol–water partition coefficient (Wildman–Crippen LogP) is 4.20. The van der Waals surface area contributed by atoms with Gasteiger partial charge in [-0.2, -0.15) is 11.3 Å². The monoisotopic (exact) mass is 373 g/mol. The molecule has 1 amide bonds. The molecule has 0 fully saturated rings. The highest BCUT2D eigenvalue weighted by molar-refractivity contribution is 9.11. The largest absolute Gasteiger partial charge is 0.348 e. The lowest BCUT2D eigenvalue weighted by atomic mass is 10.2. The summed E-state index contributed by atoms with van der Waals surface area (Å²) in [5.41, 5.74) is 1.76. The second-order valence-corrected chi connectivity index (χ2v) is 6.08. The van der Waals surface area contributed by atoms with E-state index in [1.165, 1.54) is 0 Å². The Hall–Kier alpha value is -0.650. The van der Waals surface area contributed by atoms with Crippen molar-refractivity contribution in [2.75, 3.05) is 0 Å². The molecule has 1 aromatic carbocycles. The van der Waals surface area contributed by atoms with Crippen LogP contribution in [0.3, 0.4) is 0 Å². The van der Waals surface area contributed by atoms with Crippen LogP contribution in [0.5, 0.6) is 0 Å². The number of benzene rings is 1. The third-order valence-corrected chi connectivity index (χ3v) is 3.81. The molecule has 0 atom stereocenters. The molecule has 0 aliphatic rings. The van der Waals surface area contributed by atoms with Crippen molar-refractivity contribution < 1.29 is 4.79 Å². The summed E-state index contributed by atoms with van der Waals surface area (Å²) in [4.78, 5) is 11.9. The Labute approximate surface area is 120 Å². The molecule has 0 spiro atoms. The van der Waals surface area contributed by atoms with Crippen molar-refractivity contribution in [1.82, 2.24) is 5.32 Å². The second-order valence-electron chi connectivity index (χ2n) is 3.47. The molecule has 2 nitrogen and oxygen atoms in total. The van der Waals surface area contributed by atoms with Gasteiger partial charge in [0, 0.05) is 21.1 Å². The lowest BCUT2D eigenvalue weighted by Gasteiger charge is -2.05. The summed E-state index contributed by atoms with van der Waals surface area (Å²) >= 11 is 8.35. The van der Waals surface area contributed by atoms with Crippen molar-refractivity contribution in [3.05, 3.63) is 55.1 Å². The average Bonchev–Trinajstić information content (AvgIpc) is 2.77. The topological polar surface area (TPSA) is 29.1 Å². The van der Waals surface area contributed by atoms with Gasteiger partial charge in [-0.15, -0.1) is 0 Å². The first-order valence-electron chi connectivity index (χ1n) is 4.90. The van der Waals surface area contributed by atoms with Gasteiger partial charge in [0.25, 0.3) is 5.91 Å². The van der Waals surface area contributed by atoms with E-state index in [0.29, 0.717) is 12.1 Å². The molecule has 0 saturated heterocycles. The van der Waals surface area contributed by atoms with Crippen molar-refractivity contribution in [2.45, 2.75) is 6.54 Å². The van der Waals surface area contributed by atoms with Crippen LogP contribution in [0.4, 0.5) is 0 Å². The van der Waals surface area contributed by atoms with Crippen LogP contribution in [0.15, 0.2) is 44.0 Å². The summed E-state index contributed by atoms with van der Waals surface area (Å²) in [6.07, 6.45) is 0. The molecule has 1 aromatic heterocycles. The van der Waals surface area contributed by atoms with E-state index in [1.54, 1.807) is 23.5 Å². The van der Waals surface area contributed by atoms with Gasteiger partial charge in [-0.25, -0.2) is 0 Å². The van der Waals surface area contributed by atoms with Gasteiger partial charge in [0.2, 0.25) is 0 Å². The summed E-state index contributed by atoms with van der Waals surface area (Å²) in [6.45, 7) is 0.562. The van der Waals surface area contributed by atoms with Gasteiger partial charge in [0.05, 0.1) is 0 Å². The number of nitrogens with one attached hydrogen (secondary N) is 1. The number of thiophene rings is 1. The molecule has 0 aliphatic heterocycles. The van der Waals surface area contributed by atoms with Gasteiger partial charge in [0.1, 0.15) is 0 Å². The summed E-state index contributed by atoms with van der Waals surface area (Å²) in [5, 5.41) is 6.90. The molecule has 0 radical (unpaired) electrons. The third kappa shape index (κ3) is 3.66. The minimum Gasteiger partial charge on any atom is -0.348 e. The summed E-state index contributed by atoms with van der Waals surface area (Å²) in [5.74, 6) is -0.0711. The van der Waals surface area contributed by atoms with Crippen LogP contribution in [0, 0.1) is 0 Å². The maximum Gasteiger partial charge on any atom is 0.251 e. The number of rotatable bonds is 3. The van der Waals surface area contributed by atoms with Crippen molar-refractivity contribution in [2.24, 2.45) is 0 Å². The van der Waals surface area contributed by atoms with Crippen molar-refractivity contribution >= 4 is 49.1 Å². The predicted molar refractivity (Wildman–Crippen MR) is 77.3 cm³/mol. The number of hydrogen-bond acceptors (Lipinski definition) is 2. The van der Waals surface area contributed by atoms with Gasteiger partial charge >= 0.3 is 0 Å². The van der Waals surface area contributed by atoms with Gasteiger partial charge in [0.15, 0.2) is 0 Å². The SMILES string of the molecule is O=C(NCc1ccsc1)c1cc(Br)cc(Br)c1. The summed E-state index contributed by atoms with van der Waals surface area (Å²) < 4.78 is 1.76. The van der Waals surface area contributed by atoms with Crippen LogP contribution < -0.4 is 5.32 Å². The number of carbonyl (C=O) groups excluding carboxylic acids is 1. The average molecular weight is 375 g/mol. The molecular weight excluding hydrogens is 366 g/mol. The van der Waals surface area contributed by atoms with Crippen molar-refractivity contribution in [3.8, 4) is 0 Å². The van der Waals surface area contributed by atoms with Crippen LogP contribution in [0.1, 0.15) is 15.9 Å². The Morgan fingerprint density at radius 1 is 1.24 bits per heavy atom. The van der Waals surface area contributed by atoms with E-state index >= 15 is 0 Å². The summed E-state index contributed by atoms with van der Waals surface area (Å²) in [7, 11) is 0. The van der Waals surface area contributed by atoms with Gasteiger partial charge in [-0.3, -0.25) is 4.79 Å². The fraction of sp³-hybridized carbons (Fsp3) is 0.0833. The Morgan fingerprint density at radius 3 is 2.53 bits per heavy atom. The first-order chi connectivity index (χ1) is 8.15. The molecule has 1 N–H and O–H groups in total. The highest BCUT2D eigenvalue weighted by Crippen LogP contribution is 2.20. The van der Waals surface area contributed by atoms with Crippen molar-refractivity contribution in [3.63, 3.8) is 0 Å². The van der Waals surface area contributed by atoms with Crippen LogP contribution in [-0.4, -0.2) is 5.91 Å². The van der Waals surface area contributed by atoms with E-state index in [2.05, 4.69) is 37.2 Å². The number of hydrogen-bond donors (Lipinski definition) is 1. The molecule has 0 aliphatic carbocycles. The van der Waals surface area contributed by atoms with Crippen molar-refractivity contribution in [1.29, 1.82) is 0 Å². The van der Waals surface area contributed by atoms with E-state index in [0.717, 1.165) is 14.5 Å². The van der Waals surface area contributed by atoms with E-state index in [-0.39, 0.29) is 5.91 Å². The standard InChI is InChI=1S/C12H9Br2NOS/c13-10-3-9(4-11(14)5-10)12(16)15-6-8-1-2-17-7-8/h1-5,7H,6H2,(H,15,16). The fourth-order valence-electron chi connectivity index (χ4n) is 1.36. The Bertz CT molecular complexity index is 505. The zero-order valence-electron chi connectivity index (χ0n) is 8.74. The molecule has 0 saturated carbocycles. The van der Waals surface area contributed by atoms with E-state index in [1.807, 2.05) is 22.9 Å². The number of carbonyl (C=O) groups is 1. The fourth-order valence-corrected chi connectivity index (χ4v) is 3.32. The lowest BCUT2D eigenvalue weighted by molar-refractivity contribution is 0.0951. The molecule has 0 bridgehead atoms. The minimum atomic E-state index is -0.0711. The maximum absolute atomic E-state index is 11.9. The molecule has 2 rings (SSSR count). The number of halogens is 2. The Balaban J connectivity index is 2.04. The smallest absolute Gasteiger partial charge is 0.251 e. The Morgan fingerprint density at radius 2 is 1.94 bits per heavy atom. The minimum absolute atomic E-state index is 0.0711. The Kier molecular flexibility index (Phi) is 4.36. The molecule has 5 heteroatoms. The van der Waals surface area contributed by atoms with Gasteiger partial charge in [-0.1, -0.05) is 31.9 Å². The normalized spacial score (nSPS) is 10.2. The van der Waals surface area contributed by atoms with E-state index < -0.39 is 0 Å². The highest BCUT2D eigenvalue weighted by Gasteiger charge is 2.07. The zero-order valence-corrected chi connectivity index (χ0v) is 12.7. The first kappa shape index (κ1) is 12.8. The third-order valence-electron chi connectivity index (χ3n) is 2.16. The van der Waals surface area contributed by atoms with E-state index in [9.17, 15) is 4.79 Å². The van der Waals surface area contributed by atoms with Crippen LogP contribution >= 0.6 is 43.2 Å². The van der Waals surface area contributed by atoms with Crippen LogP contribution in [0.2, 0.25) is 0 Å². The van der Waals surface area contributed by atoms with Gasteiger partial charge < -0.3 is 5.32 Å². The van der Waals surface area contributed by atoms with Crippen LogP contribution in [-0.2, 0) is 6.54 Å². The molecule has 0 unspecified atom stereocenters. The first-order valence-corrected chi connectivity index (χ1v) is 7.43. The number of amides is 1. The highest BCUT2D eigenvalue weighted by atomic mass is 79.9.